The number of nitrogens with one attached hydrogen (secondary N) is 2. The van der Waals surface area contributed by atoms with E-state index in [0.717, 1.165) is 11.1 Å². The van der Waals surface area contributed by atoms with Crippen molar-refractivity contribution in [2.75, 3.05) is 25.0 Å². The van der Waals surface area contributed by atoms with E-state index >= 15 is 0 Å². The number of sulfonamides is 1. The van der Waals surface area contributed by atoms with Crippen LogP contribution in [-0.4, -0.2) is 34.0 Å². The predicted octanol–water partition coefficient (Wildman–Crippen LogP) is 1.56. The highest BCUT2D eigenvalue weighted by Gasteiger charge is 2.14. The first-order valence-corrected chi connectivity index (χ1v) is 9.60. The topological polar surface area (TPSA) is 111 Å². The van der Waals surface area contributed by atoms with Crippen molar-refractivity contribution in [1.29, 1.82) is 0 Å². The van der Waals surface area contributed by atoms with E-state index in [4.69, 9.17) is 10.5 Å². The fraction of sp³-hybridized carbons (Fsp3) is 0.278. The van der Waals surface area contributed by atoms with Gasteiger partial charge in [-0.05, 0) is 43.7 Å². The molecule has 2 aromatic rings. The molecule has 0 radical (unpaired) electrons. The molecule has 0 aliphatic carbocycles. The Kier molecular flexibility index (Phi) is 6.73. The first-order chi connectivity index (χ1) is 12.3. The second-order valence-corrected chi connectivity index (χ2v) is 7.59. The highest BCUT2D eigenvalue weighted by atomic mass is 32.2. The summed E-state index contributed by atoms with van der Waals surface area (Å²) in [5, 5.41) is 2.63. The Morgan fingerprint density at radius 1 is 1.15 bits per heavy atom. The van der Waals surface area contributed by atoms with Crippen LogP contribution in [0.15, 0.2) is 47.4 Å². The molecule has 0 bridgehead atoms. The SMILES string of the molecule is Cc1ccc(OCC(=O)Nc2cccc(S(=O)(=O)NCCN)c2)c(C)c1. The van der Waals surface area contributed by atoms with Gasteiger partial charge in [0.05, 0.1) is 4.90 Å². The quantitative estimate of drug-likeness (QED) is 0.647. The zero-order valence-corrected chi connectivity index (χ0v) is 15.6. The summed E-state index contributed by atoms with van der Waals surface area (Å²) in [6.07, 6.45) is 0. The van der Waals surface area contributed by atoms with Crippen molar-refractivity contribution >= 4 is 21.6 Å². The maximum atomic E-state index is 12.1. The van der Waals surface area contributed by atoms with E-state index in [1.165, 1.54) is 12.1 Å². The van der Waals surface area contributed by atoms with Gasteiger partial charge in [0.1, 0.15) is 5.75 Å². The van der Waals surface area contributed by atoms with E-state index in [1.54, 1.807) is 12.1 Å². The first-order valence-electron chi connectivity index (χ1n) is 8.11. The van der Waals surface area contributed by atoms with E-state index in [1.807, 2.05) is 32.0 Å². The second-order valence-electron chi connectivity index (χ2n) is 5.82. The molecule has 0 unspecified atom stereocenters. The van der Waals surface area contributed by atoms with Crippen LogP contribution >= 0.6 is 0 Å². The number of hydrogen-bond donors (Lipinski definition) is 3. The van der Waals surface area contributed by atoms with Gasteiger partial charge >= 0.3 is 0 Å². The summed E-state index contributed by atoms with van der Waals surface area (Å²) in [6, 6.07) is 11.7. The zero-order chi connectivity index (χ0) is 19.2. The molecule has 140 valence electrons. The Hall–Kier alpha value is -2.42. The van der Waals surface area contributed by atoms with Crippen LogP contribution in [0, 0.1) is 13.8 Å². The zero-order valence-electron chi connectivity index (χ0n) is 14.8. The molecule has 0 saturated carbocycles. The predicted molar refractivity (Wildman–Crippen MR) is 101 cm³/mol. The highest BCUT2D eigenvalue weighted by Crippen LogP contribution is 2.19. The van der Waals surface area contributed by atoms with Gasteiger partial charge in [-0.1, -0.05) is 23.8 Å². The molecule has 0 aliphatic heterocycles. The van der Waals surface area contributed by atoms with E-state index in [-0.39, 0.29) is 30.5 Å². The molecule has 0 heterocycles. The Morgan fingerprint density at radius 2 is 1.92 bits per heavy atom. The van der Waals surface area contributed by atoms with Gasteiger partial charge in [-0.25, -0.2) is 13.1 Å². The monoisotopic (exact) mass is 377 g/mol. The van der Waals surface area contributed by atoms with Crippen LogP contribution in [0.1, 0.15) is 11.1 Å². The molecular weight excluding hydrogens is 354 g/mol. The van der Waals surface area contributed by atoms with Gasteiger partial charge < -0.3 is 15.8 Å². The Labute approximate surface area is 153 Å². The number of anilines is 1. The van der Waals surface area contributed by atoms with Gasteiger partial charge in [-0.2, -0.15) is 0 Å². The van der Waals surface area contributed by atoms with Gasteiger partial charge in [-0.15, -0.1) is 0 Å². The molecule has 4 N–H and O–H groups in total. The molecule has 26 heavy (non-hydrogen) atoms. The summed E-state index contributed by atoms with van der Waals surface area (Å²) in [5.41, 5.74) is 7.74. The number of nitrogens with two attached hydrogens (primary N) is 1. The van der Waals surface area contributed by atoms with Crippen LogP contribution in [0.4, 0.5) is 5.69 Å². The fourth-order valence-corrected chi connectivity index (χ4v) is 3.41. The standard InChI is InChI=1S/C18H23N3O4S/c1-13-6-7-17(14(2)10-13)25-12-18(22)21-15-4-3-5-16(11-15)26(23,24)20-9-8-19/h3-7,10-11,20H,8-9,12,19H2,1-2H3,(H,21,22). The molecule has 0 saturated heterocycles. The number of hydrogen-bond acceptors (Lipinski definition) is 5. The number of carbonyl (C=O) groups is 1. The van der Waals surface area contributed by atoms with Crippen LogP contribution in [0.2, 0.25) is 0 Å². The summed E-state index contributed by atoms with van der Waals surface area (Å²) in [5.74, 6) is 0.252. The molecular formula is C18H23N3O4S. The normalized spacial score (nSPS) is 11.2. The van der Waals surface area contributed by atoms with Crippen LogP contribution in [-0.2, 0) is 14.8 Å². The molecule has 2 rings (SSSR count). The van der Waals surface area contributed by atoms with E-state index in [0.29, 0.717) is 11.4 Å². The Bertz CT molecular complexity index is 882. The molecule has 7 nitrogen and oxygen atoms in total. The van der Waals surface area contributed by atoms with Crippen LogP contribution in [0.25, 0.3) is 0 Å². The lowest BCUT2D eigenvalue weighted by Gasteiger charge is -2.11. The van der Waals surface area contributed by atoms with Crippen molar-refractivity contribution in [3.05, 3.63) is 53.6 Å². The van der Waals surface area contributed by atoms with Crippen molar-refractivity contribution in [1.82, 2.24) is 4.72 Å². The van der Waals surface area contributed by atoms with Crippen molar-refractivity contribution in [2.24, 2.45) is 5.73 Å². The van der Waals surface area contributed by atoms with Gasteiger partial charge in [0.25, 0.3) is 5.91 Å². The van der Waals surface area contributed by atoms with E-state index < -0.39 is 10.0 Å². The average Bonchev–Trinajstić information content (AvgIpc) is 2.59. The van der Waals surface area contributed by atoms with Gasteiger partial charge in [0, 0.05) is 18.8 Å². The number of benzene rings is 2. The lowest BCUT2D eigenvalue weighted by atomic mass is 10.1. The van der Waals surface area contributed by atoms with Crippen molar-refractivity contribution in [3.8, 4) is 5.75 Å². The molecule has 0 aromatic heterocycles. The van der Waals surface area contributed by atoms with Crippen LogP contribution in [0.3, 0.4) is 0 Å². The van der Waals surface area contributed by atoms with Crippen molar-refractivity contribution in [3.63, 3.8) is 0 Å². The molecule has 2 aromatic carbocycles. The lowest BCUT2D eigenvalue weighted by molar-refractivity contribution is -0.118. The average molecular weight is 377 g/mol. The van der Waals surface area contributed by atoms with E-state index in [9.17, 15) is 13.2 Å². The minimum atomic E-state index is -3.66. The summed E-state index contributed by atoms with van der Waals surface area (Å²) in [6.45, 7) is 4.05. The number of rotatable bonds is 8. The third kappa shape index (κ3) is 5.55. The summed E-state index contributed by atoms with van der Waals surface area (Å²) in [7, 11) is -3.66. The molecule has 1 amide bonds. The number of carbonyl (C=O) groups excluding carboxylic acids is 1. The van der Waals surface area contributed by atoms with Crippen molar-refractivity contribution < 1.29 is 17.9 Å². The largest absolute Gasteiger partial charge is 0.483 e. The smallest absolute Gasteiger partial charge is 0.262 e. The Morgan fingerprint density at radius 3 is 2.62 bits per heavy atom. The van der Waals surface area contributed by atoms with Gasteiger partial charge in [0.2, 0.25) is 10.0 Å². The summed E-state index contributed by atoms with van der Waals surface area (Å²) < 4.78 is 32.1. The number of ether oxygens (including phenoxy) is 1. The lowest BCUT2D eigenvalue weighted by Crippen LogP contribution is -2.29. The second kappa shape index (κ2) is 8.79. The minimum absolute atomic E-state index is 0.0547. The number of amides is 1. The summed E-state index contributed by atoms with van der Waals surface area (Å²) in [4.78, 5) is 12.1. The maximum Gasteiger partial charge on any atom is 0.262 e. The molecule has 0 fully saturated rings. The van der Waals surface area contributed by atoms with Gasteiger partial charge in [-0.3, -0.25) is 4.79 Å². The first kappa shape index (κ1) is 19.9. The fourth-order valence-electron chi connectivity index (χ4n) is 2.32. The molecule has 0 spiro atoms. The highest BCUT2D eigenvalue weighted by molar-refractivity contribution is 7.89. The minimum Gasteiger partial charge on any atom is -0.483 e. The third-order valence-corrected chi connectivity index (χ3v) is 5.01. The van der Waals surface area contributed by atoms with Gasteiger partial charge in [0.15, 0.2) is 6.61 Å². The Balaban J connectivity index is 2.00. The van der Waals surface area contributed by atoms with Crippen LogP contribution < -0.4 is 20.5 Å². The molecule has 8 heteroatoms. The van der Waals surface area contributed by atoms with Crippen molar-refractivity contribution in [2.45, 2.75) is 18.7 Å². The summed E-state index contributed by atoms with van der Waals surface area (Å²) >= 11 is 0. The number of aryl methyl sites for hydroxylation is 2. The third-order valence-electron chi connectivity index (χ3n) is 3.55. The maximum absolute atomic E-state index is 12.1. The van der Waals surface area contributed by atoms with Crippen LogP contribution in [0.5, 0.6) is 5.75 Å². The van der Waals surface area contributed by atoms with E-state index in [2.05, 4.69) is 10.0 Å². The molecule has 0 atom stereocenters. The molecule has 0 aliphatic rings.